The highest BCUT2D eigenvalue weighted by Gasteiger charge is 2.37. The molecule has 3 rings (SSSR count). The smallest absolute Gasteiger partial charge is 0.423 e. The van der Waals surface area contributed by atoms with E-state index in [1.54, 1.807) is 18.2 Å². The van der Waals surface area contributed by atoms with Gasteiger partial charge in [0.25, 0.3) is 0 Å². The van der Waals surface area contributed by atoms with Gasteiger partial charge in [0.15, 0.2) is 0 Å². The molecule has 1 aromatic heterocycles. The Morgan fingerprint density at radius 3 is 2.62 bits per heavy atom. The highest BCUT2D eigenvalue weighted by atomic mass is 32.2. The summed E-state index contributed by atoms with van der Waals surface area (Å²) in [6.07, 6.45) is -4.58. The van der Waals surface area contributed by atoms with Gasteiger partial charge in [-0.2, -0.15) is 18.2 Å². The number of anilines is 2. The van der Waals surface area contributed by atoms with Crippen LogP contribution in [-0.4, -0.2) is 36.7 Å². The molecule has 1 aromatic carbocycles. The van der Waals surface area contributed by atoms with Gasteiger partial charge in [0, 0.05) is 22.0 Å². The molecule has 0 aliphatic heterocycles. The van der Waals surface area contributed by atoms with E-state index in [-0.39, 0.29) is 11.2 Å². The molecule has 158 valence electrons. The third kappa shape index (κ3) is 4.96. The van der Waals surface area contributed by atoms with Crippen LogP contribution in [0.1, 0.15) is 32.3 Å². The summed E-state index contributed by atoms with van der Waals surface area (Å²) >= 11 is 0. The van der Waals surface area contributed by atoms with Crippen molar-refractivity contribution in [2.75, 3.05) is 5.32 Å². The monoisotopic (exact) mass is 430 g/mol. The predicted molar refractivity (Wildman–Crippen MR) is 101 cm³/mol. The van der Waals surface area contributed by atoms with E-state index >= 15 is 0 Å². The molecule has 29 heavy (non-hydrogen) atoms. The van der Waals surface area contributed by atoms with Crippen molar-refractivity contribution >= 4 is 21.4 Å². The van der Waals surface area contributed by atoms with Gasteiger partial charge in [-0.15, -0.1) is 0 Å². The van der Waals surface area contributed by atoms with Gasteiger partial charge in [-0.1, -0.05) is 6.07 Å². The zero-order chi connectivity index (χ0) is 21.4. The van der Waals surface area contributed by atoms with Gasteiger partial charge in [0.2, 0.25) is 11.8 Å². The maximum absolute atomic E-state index is 13.2. The second-order valence-corrected chi connectivity index (χ2v) is 9.27. The van der Waals surface area contributed by atoms with Crippen molar-refractivity contribution in [3.8, 4) is 5.88 Å². The Hall–Kier alpha value is -2.40. The van der Waals surface area contributed by atoms with Gasteiger partial charge < -0.3 is 15.2 Å². The SMILES string of the molecule is C[C@@H](O)[C@@H](C)Oc1nc(Nc2cccc([S@](=N)(=O)C3CC3)c2)ncc1C(F)(F)F. The molecule has 1 heterocycles. The Morgan fingerprint density at radius 2 is 2.03 bits per heavy atom. The Morgan fingerprint density at radius 1 is 1.34 bits per heavy atom. The van der Waals surface area contributed by atoms with Gasteiger partial charge in [-0.05, 0) is 44.9 Å². The molecule has 0 amide bonds. The maximum atomic E-state index is 13.2. The lowest BCUT2D eigenvalue weighted by molar-refractivity contribution is -0.140. The van der Waals surface area contributed by atoms with E-state index in [1.807, 2.05) is 0 Å². The molecule has 3 atom stereocenters. The van der Waals surface area contributed by atoms with Crippen LogP contribution in [0.25, 0.3) is 0 Å². The summed E-state index contributed by atoms with van der Waals surface area (Å²) in [6, 6.07) is 6.30. The van der Waals surface area contributed by atoms with Crippen LogP contribution >= 0.6 is 0 Å². The molecule has 1 aliphatic rings. The van der Waals surface area contributed by atoms with Crippen molar-refractivity contribution in [2.45, 2.75) is 55.2 Å². The fourth-order valence-electron chi connectivity index (χ4n) is 2.47. The second-order valence-electron chi connectivity index (χ2n) is 6.93. The molecule has 7 nitrogen and oxygen atoms in total. The summed E-state index contributed by atoms with van der Waals surface area (Å²) in [7, 11) is -2.92. The number of hydrogen-bond donors (Lipinski definition) is 3. The minimum absolute atomic E-state index is 0.161. The van der Waals surface area contributed by atoms with Crippen LogP contribution < -0.4 is 10.1 Å². The lowest BCUT2D eigenvalue weighted by Gasteiger charge is -2.20. The molecule has 3 N–H and O–H groups in total. The van der Waals surface area contributed by atoms with Crippen molar-refractivity contribution in [3.63, 3.8) is 0 Å². The Balaban J connectivity index is 1.90. The largest absolute Gasteiger partial charge is 0.471 e. The van der Waals surface area contributed by atoms with Crippen molar-refractivity contribution in [1.82, 2.24) is 9.97 Å². The van der Waals surface area contributed by atoms with Gasteiger partial charge >= 0.3 is 6.18 Å². The average molecular weight is 430 g/mol. The van der Waals surface area contributed by atoms with E-state index in [4.69, 9.17) is 9.52 Å². The van der Waals surface area contributed by atoms with Crippen molar-refractivity contribution in [1.29, 1.82) is 4.78 Å². The van der Waals surface area contributed by atoms with Crippen LogP contribution in [0.15, 0.2) is 35.4 Å². The molecule has 0 saturated heterocycles. The summed E-state index contributed by atoms with van der Waals surface area (Å²) < 4.78 is 65.6. The van der Waals surface area contributed by atoms with E-state index in [0.717, 1.165) is 12.8 Å². The number of halogens is 3. The average Bonchev–Trinajstić information content (AvgIpc) is 3.46. The number of aliphatic hydroxyl groups is 1. The first-order valence-corrected chi connectivity index (χ1v) is 10.5. The Bertz CT molecular complexity index is 992. The molecule has 0 bridgehead atoms. The van der Waals surface area contributed by atoms with Crippen LogP contribution in [-0.2, 0) is 15.9 Å². The number of alkyl halides is 3. The minimum atomic E-state index is -4.73. The van der Waals surface area contributed by atoms with E-state index in [9.17, 15) is 22.5 Å². The second kappa shape index (κ2) is 7.79. The van der Waals surface area contributed by atoms with Gasteiger partial charge in [0.1, 0.15) is 11.7 Å². The Kier molecular flexibility index (Phi) is 5.72. The van der Waals surface area contributed by atoms with E-state index < -0.39 is 39.6 Å². The topological polar surface area (TPSA) is 108 Å². The Labute approximate surface area is 166 Å². The van der Waals surface area contributed by atoms with E-state index in [0.29, 0.717) is 16.8 Å². The van der Waals surface area contributed by atoms with Crippen LogP contribution in [0.3, 0.4) is 0 Å². The molecule has 2 aromatic rings. The maximum Gasteiger partial charge on any atom is 0.423 e. The molecular formula is C18H21F3N4O3S. The summed E-state index contributed by atoms with van der Waals surface area (Å²) in [4.78, 5) is 7.84. The lowest BCUT2D eigenvalue weighted by Crippen LogP contribution is -2.27. The molecule has 1 fully saturated rings. The number of rotatable bonds is 7. The summed E-state index contributed by atoms with van der Waals surface area (Å²) in [5.41, 5.74) is -0.773. The first kappa shape index (κ1) is 21.3. The number of hydrogen-bond acceptors (Lipinski definition) is 7. The summed E-state index contributed by atoms with van der Waals surface area (Å²) in [5.74, 6) is -0.868. The summed E-state index contributed by atoms with van der Waals surface area (Å²) in [5, 5.41) is 12.1. The van der Waals surface area contributed by atoms with Crippen LogP contribution in [0.2, 0.25) is 0 Å². The quantitative estimate of drug-likeness (QED) is 0.614. The fourth-order valence-corrected chi connectivity index (χ4v) is 4.24. The van der Waals surface area contributed by atoms with Crippen LogP contribution in [0, 0.1) is 4.78 Å². The van der Waals surface area contributed by atoms with Crippen molar-refractivity contribution < 1.29 is 27.2 Å². The van der Waals surface area contributed by atoms with Crippen molar-refractivity contribution in [3.05, 3.63) is 36.0 Å². The number of aromatic nitrogens is 2. The number of nitrogens with zero attached hydrogens (tertiary/aromatic N) is 2. The molecular weight excluding hydrogens is 409 g/mol. The van der Waals surface area contributed by atoms with E-state index in [2.05, 4.69) is 15.3 Å². The number of nitrogens with one attached hydrogen (secondary N) is 2. The van der Waals surface area contributed by atoms with Crippen LogP contribution in [0.5, 0.6) is 5.88 Å². The van der Waals surface area contributed by atoms with Gasteiger partial charge in [0.05, 0.1) is 15.8 Å². The zero-order valence-corrected chi connectivity index (χ0v) is 16.5. The summed E-state index contributed by atoms with van der Waals surface area (Å²) in [6.45, 7) is 2.81. The third-order valence-corrected chi connectivity index (χ3v) is 6.83. The van der Waals surface area contributed by atoms with E-state index in [1.165, 1.54) is 19.9 Å². The normalized spacial score (nSPS) is 18.6. The standard InChI is InChI=1S/C18H21F3N4O3S/c1-10(26)11(2)28-16-15(18(19,20)21)9-23-17(25-16)24-12-4-3-5-14(8-12)29(22,27)13-6-7-13/h3-5,8-11,13,22,26H,6-7H2,1-2H3,(H,23,24,25)/t10-,11-,29-/m1/s1. The first-order chi connectivity index (χ1) is 13.5. The predicted octanol–water partition coefficient (Wildman–Crippen LogP) is 3.96. The number of benzene rings is 1. The molecule has 0 unspecified atom stereocenters. The highest BCUT2D eigenvalue weighted by Crippen LogP contribution is 2.37. The zero-order valence-electron chi connectivity index (χ0n) is 15.7. The molecule has 0 radical (unpaired) electrons. The molecule has 1 saturated carbocycles. The molecule has 11 heteroatoms. The molecule has 1 aliphatic carbocycles. The lowest BCUT2D eigenvalue weighted by atomic mass is 10.2. The number of ether oxygens (including phenoxy) is 1. The molecule has 0 spiro atoms. The van der Waals surface area contributed by atoms with Crippen molar-refractivity contribution in [2.24, 2.45) is 0 Å². The highest BCUT2D eigenvalue weighted by molar-refractivity contribution is 7.93. The van der Waals surface area contributed by atoms with Crippen LogP contribution in [0.4, 0.5) is 24.8 Å². The fraction of sp³-hybridized carbons (Fsp3) is 0.444. The first-order valence-electron chi connectivity index (χ1n) is 8.92. The minimum Gasteiger partial charge on any atom is -0.471 e. The third-order valence-electron chi connectivity index (χ3n) is 4.47. The number of aliphatic hydroxyl groups excluding tert-OH is 1. The van der Waals surface area contributed by atoms with Gasteiger partial charge in [-0.25, -0.2) is 14.0 Å². The van der Waals surface area contributed by atoms with Gasteiger partial charge in [-0.3, -0.25) is 0 Å².